The Bertz CT molecular complexity index is 520. The Hall–Kier alpha value is -1.83. The fourth-order valence-electron chi connectivity index (χ4n) is 2.15. The van der Waals surface area contributed by atoms with Crippen LogP contribution in [0.4, 0.5) is 4.39 Å². The summed E-state index contributed by atoms with van der Waals surface area (Å²) in [5.74, 6) is 0.175. The first kappa shape index (κ1) is 9.40. The average molecular weight is 214 g/mol. The summed E-state index contributed by atoms with van der Waals surface area (Å²) in [6.07, 6.45) is 0.789. The van der Waals surface area contributed by atoms with Gasteiger partial charge in [0.2, 0.25) is 0 Å². The number of halogens is 1. The van der Waals surface area contributed by atoms with Crippen LogP contribution in [-0.4, -0.2) is 6.61 Å². The molecule has 0 bridgehead atoms. The van der Waals surface area contributed by atoms with E-state index >= 15 is 0 Å². The smallest absolute Gasteiger partial charge is 0.165 e. The molecule has 0 saturated carbocycles. The van der Waals surface area contributed by atoms with Crippen molar-refractivity contribution in [1.29, 1.82) is 0 Å². The third-order valence-electron chi connectivity index (χ3n) is 2.90. The van der Waals surface area contributed by atoms with Crippen LogP contribution in [0.2, 0.25) is 0 Å². The summed E-state index contributed by atoms with van der Waals surface area (Å²) in [4.78, 5) is 0. The predicted molar refractivity (Wildman–Crippen MR) is 61.0 cm³/mol. The lowest BCUT2D eigenvalue weighted by Crippen LogP contribution is -1.88. The third kappa shape index (κ3) is 1.38. The summed E-state index contributed by atoms with van der Waals surface area (Å²) in [5.41, 5.74) is 3.19. The largest absolute Gasteiger partial charge is 0.490 e. The van der Waals surface area contributed by atoms with E-state index in [9.17, 15) is 4.39 Å². The van der Waals surface area contributed by atoms with Gasteiger partial charge in [0.05, 0.1) is 6.61 Å². The van der Waals surface area contributed by atoms with E-state index in [-0.39, 0.29) is 5.82 Å². The molecular formula is C14H11FO. The molecule has 16 heavy (non-hydrogen) atoms. The van der Waals surface area contributed by atoms with Gasteiger partial charge < -0.3 is 4.74 Å². The maximum absolute atomic E-state index is 13.5. The van der Waals surface area contributed by atoms with E-state index in [1.165, 1.54) is 6.07 Å². The molecule has 2 aromatic rings. The SMILES string of the molecule is Fc1ccc(-c2ccccc2)c2c1OCC2. The maximum Gasteiger partial charge on any atom is 0.165 e. The minimum atomic E-state index is -0.257. The van der Waals surface area contributed by atoms with Crippen molar-refractivity contribution in [3.8, 4) is 16.9 Å². The molecule has 1 nitrogen and oxygen atoms in total. The number of rotatable bonds is 1. The van der Waals surface area contributed by atoms with Gasteiger partial charge in [-0.25, -0.2) is 4.39 Å². The van der Waals surface area contributed by atoms with Crippen LogP contribution in [-0.2, 0) is 6.42 Å². The number of hydrogen-bond donors (Lipinski definition) is 0. The molecule has 1 heterocycles. The molecule has 0 fully saturated rings. The molecule has 0 unspecified atom stereocenters. The zero-order valence-electron chi connectivity index (χ0n) is 8.74. The van der Waals surface area contributed by atoms with Gasteiger partial charge in [-0.1, -0.05) is 36.4 Å². The predicted octanol–water partition coefficient (Wildman–Crippen LogP) is 3.43. The Labute approximate surface area is 93.5 Å². The van der Waals surface area contributed by atoms with E-state index in [2.05, 4.69) is 0 Å². The Morgan fingerprint density at radius 1 is 1.00 bits per heavy atom. The Kier molecular flexibility index (Phi) is 2.13. The summed E-state index contributed by atoms with van der Waals surface area (Å²) in [6, 6.07) is 13.3. The lowest BCUT2D eigenvalue weighted by atomic mass is 9.98. The number of benzene rings is 2. The highest BCUT2D eigenvalue weighted by molar-refractivity contribution is 5.71. The monoisotopic (exact) mass is 214 g/mol. The molecule has 1 aliphatic heterocycles. The fraction of sp³-hybridized carbons (Fsp3) is 0.143. The van der Waals surface area contributed by atoms with E-state index in [1.807, 2.05) is 36.4 Å². The second kappa shape index (κ2) is 3.63. The van der Waals surface area contributed by atoms with Crippen molar-refractivity contribution >= 4 is 0 Å². The summed E-state index contributed by atoms with van der Waals surface area (Å²) in [7, 11) is 0. The lowest BCUT2D eigenvalue weighted by molar-refractivity contribution is 0.339. The molecule has 2 aromatic carbocycles. The molecule has 0 aromatic heterocycles. The fourth-order valence-corrected chi connectivity index (χ4v) is 2.15. The van der Waals surface area contributed by atoms with Crippen LogP contribution in [0.5, 0.6) is 5.75 Å². The van der Waals surface area contributed by atoms with Crippen LogP contribution >= 0.6 is 0 Å². The van der Waals surface area contributed by atoms with Gasteiger partial charge in [0, 0.05) is 12.0 Å². The van der Waals surface area contributed by atoms with E-state index in [0.29, 0.717) is 12.4 Å². The highest BCUT2D eigenvalue weighted by Gasteiger charge is 2.20. The van der Waals surface area contributed by atoms with E-state index in [0.717, 1.165) is 23.1 Å². The van der Waals surface area contributed by atoms with Gasteiger partial charge in [0.1, 0.15) is 0 Å². The van der Waals surface area contributed by atoms with Gasteiger partial charge >= 0.3 is 0 Å². The molecule has 1 aliphatic rings. The van der Waals surface area contributed by atoms with Crippen molar-refractivity contribution in [2.24, 2.45) is 0 Å². The van der Waals surface area contributed by atoms with Gasteiger partial charge in [-0.05, 0) is 17.2 Å². The summed E-state index contributed by atoms with van der Waals surface area (Å²) in [5, 5.41) is 0. The van der Waals surface area contributed by atoms with Crippen LogP contribution in [0.3, 0.4) is 0 Å². The molecule has 0 amide bonds. The maximum atomic E-state index is 13.5. The van der Waals surface area contributed by atoms with Crippen LogP contribution in [0, 0.1) is 5.82 Å². The van der Waals surface area contributed by atoms with Crippen LogP contribution in [0.1, 0.15) is 5.56 Å². The van der Waals surface area contributed by atoms with E-state index < -0.39 is 0 Å². The van der Waals surface area contributed by atoms with Gasteiger partial charge in [0.25, 0.3) is 0 Å². The Morgan fingerprint density at radius 2 is 1.81 bits per heavy atom. The lowest BCUT2D eigenvalue weighted by Gasteiger charge is -2.07. The average Bonchev–Trinajstić information content (AvgIpc) is 2.81. The number of fused-ring (bicyclic) bond motifs is 1. The third-order valence-corrected chi connectivity index (χ3v) is 2.90. The second-order valence-corrected chi connectivity index (χ2v) is 3.87. The molecule has 0 saturated heterocycles. The van der Waals surface area contributed by atoms with Crippen molar-refractivity contribution < 1.29 is 9.13 Å². The quantitative estimate of drug-likeness (QED) is 0.706. The zero-order chi connectivity index (χ0) is 11.0. The molecular weight excluding hydrogens is 203 g/mol. The first-order valence-corrected chi connectivity index (χ1v) is 5.36. The van der Waals surface area contributed by atoms with Gasteiger partial charge in [0.15, 0.2) is 11.6 Å². The van der Waals surface area contributed by atoms with Crippen LogP contribution < -0.4 is 4.74 Å². The molecule has 0 N–H and O–H groups in total. The standard InChI is InChI=1S/C14H11FO/c15-13-7-6-11(10-4-2-1-3-5-10)12-8-9-16-14(12)13/h1-7H,8-9H2. The normalized spacial score (nSPS) is 13.3. The zero-order valence-corrected chi connectivity index (χ0v) is 8.74. The van der Waals surface area contributed by atoms with Gasteiger partial charge in [-0.15, -0.1) is 0 Å². The Balaban J connectivity index is 2.20. The highest BCUT2D eigenvalue weighted by atomic mass is 19.1. The van der Waals surface area contributed by atoms with Crippen LogP contribution in [0.25, 0.3) is 11.1 Å². The molecule has 0 atom stereocenters. The first-order chi connectivity index (χ1) is 7.86. The minimum Gasteiger partial charge on any atom is -0.490 e. The molecule has 0 radical (unpaired) electrons. The summed E-state index contributed by atoms with van der Waals surface area (Å²) in [6.45, 7) is 0.579. The van der Waals surface area contributed by atoms with Crippen molar-refractivity contribution in [2.75, 3.05) is 6.61 Å². The van der Waals surface area contributed by atoms with Crippen molar-refractivity contribution in [3.63, 3.8) is 0 Å². The summed E-state index contributed by atoms with van der Waals surface area (Å²) >= 11 is 0. The van der Waals surface area contributed by atoms with Gasteiger partial charge in [-0.3, -0.25) is 0 Å². The summed E-state index contributed by atoms with van der Waals surface area (Å²) < 4.78 is 18.8. The molecule has 2 heteroatoms. The number of hydrogen-bond acceptors (Lipinski definition) is 1. The van der Waals surface area contributed by atoms with Crippen molar-refractivity contribution in [3.05, 3.63) is 53.8 Å². The highest BCUT2D eigenvalue weighted by Crippen LogP contribution is 2.36. The van der Waals surface area contributed by atoms with E-state index in [4.69, 9.17) is 4.74 Å². The molecule has 80 valence electrons. The first-order valence-electron chi connectivity index (χ1n) is 5.36. The van der Waals surface area contributed by atoms with Crippen LogP contribution in [0.15, 0.2) is 42.5 Å². The molecule has 0 aliphatic carbocycles. The minimum absolute atomic E-state index is 0.257. The van der Waals surface area contributed by atoms with Gasteiger partial charge in [-0.2, -0.15) is 0 Å². The topological polar surface area (TPSA) is 9.23 Å². The number of ether oxygens (including phenoxy) is 1. The molecule has 0 spiro atoms. The molecule has 3 rings (SSSR count). The van der Waals surface area contributed by atoms with E-state index in [1.54, 1.807) is 0 Å². The van der Waals surface area contributed by atoms with Crippen molar-refractivity contribution in [1.82, 2.24) is 0 Å². The Morgan fingerprint density at radius 3 is 2.62 bits per heavy atom. The second-order valence-electron chi connectivity index (χ2n) is 3.87. The van der Waals surface area contributed by atoms with Crippen molar-refractivity contribution in [2.45, 2.75) is 6.42 Å².